The van der Waals surface area contributed by atoms with Gasteiger partial charge in [-0.3, -0.25) is 4.79 Å². The second-order valence-electron chi connectivity index (χ2n) is 7.00. The maximum atomic E-state index is 12.8. The molecule has 2 N–H and O–H groups in total. The Morgan fingerprint density at radius 1 is 1.21 bits per heavy atom. The molecule has 1 aromatic heterocycles. The maximum Gasteiger partial charge on any atom is 0.268 e. The molecule has 1 aliphatic rings. The highest BCUT2D eigenvalue weighted by Gasteiger charge is 2.24. The third kappa shape index (κ3) is 3.30. The molecule has 0 aliphatic carbocycles. The summed E-state index contributed by atoms with van der Waals surface area (Å²) in [7, 11) is -1.60. The van der Waals surface area contributed by atoms with Crippen LogP contribution in [-0.4, -0.2) is 25.4 Å². The fourth-order valence-electron chi connectivity index (χ4n) is 3.60. The normalized spacial score (nSPS) is 16.5. The molecule has 6 nitrogen and oxygen atoms in total. The maximum absolute atomic E-state index is 12.8. The van der Waals surface area contributed by atoms with Gasteiger partial charge in [-0.1, -0.05) is 29.8 Å². The zero-order chi connectivity index (χ0) is 20.1. The second kappa shape index (κ2) is 6.92. The van der Waals surface area contributed by atoms with E-state index in [1.54, 1.807) is 18.2 Å². The molecular formula is C20H20ClN3O3S. The average Bonchev–Trinajstić information content (AvgIpc) is 2.97. The third-order valence-corrected chi connectivity index (χ3v) is 6.94. The predicted octanol–water partition coefficient (Wildman–Crippen LogP) is 3.16. The average molecular weight is 418 g/mol. The van der Waals surface area contributed by atoms with Gasteiger partial charge in [-0.15, -0.1) is 0 Å². The summed E-state index contributed by atoms with van der Waals surface area (Å²) in [6, 6.07) is 12.3. The Kier molecular flexibility index (Phi) is 4.69. The summed E-state index contributed by atoms with van der Waals surface area (Å²) in [4.78, 5) is 13.1. The van der Waals surface area contributed by atoms with Crippen molar-refractivity contribution in [2.24, 2.45) is 7.05 Å². The minimum atomic E-state index is -3.43. The molecule has 146 valence electrons. The highest BCUT2D eigenvalue weighted by molar-refractivity contribution is 7.89. The standard InChI is InChI=1S/C20H20ClN3O3S/c1-12(13-4-6-19-15(9-13)7-8-22-28(19,26)27)23-20(25)18-10-14-3-5-16(21)11-17(14)24(18)2/h3-6,9-12,22H,7-8H2,1-2H3,(H,23,25). The molecule has 4 rings (SSSR count). The zero-order valence-corrected chi connectivity index (χ0v) is 17.1. The number of rotatable bonds is 3. The van der Waals surface area contributed by atoms with Gasteiger partial charge in [0, 0.05) is 29.5 Å². The molecule has 1 amide bonds. The van der Waals surface area contributed by atoms with Crippen LogP contribution in [0, 0.1) is 0 Å². The van der Waals surface area contributed by atoms with Crippen molar-refractivity contribution < 1.29 is 13.2 Å². The van der Waals surface area contributed by atoms with E-state index in [4.69, 9.17) is 11.6 Å². The van der Waals surface area contributed by atoms with E-state index in [2.05, 4.69) is 10.0 Å². The number of nitrogens with zero attached hydrogens (tertiary/aromatic N) is 1. The first-order valence-electron chi connectivity index (χ1n) is 8.94. The van der Waals surface area contributed by atoms with Crippen molar-refractivity contribution in [2.75, 3.05) is 6.54 Å². The number of carbonyl (C=O) groups is 1. The summed E-state index contributed by atoms with van der Waals surface area (Å²) in [6.45, 7) is 2.27. The molecule has 0 radical (unpaired) electrons. The molecule has 3 aromatic rings. The van der Waals surface area contributed by atoms with Crippen LogP contribution in [0.1, 0.15) is 34.6 Å². The Morgan fingerprint density at radius 2 is 2.00 bits per heavy atom. The number of aryl methyl sites for hydroxylation is 1. The second-order valence-corrected chi connectivity index (χ2v) is 9.17. The quantitative estimate of drug-likeness (QED) is 0.686. The van der Waals surface area contributed by atoms with Crippen LogP contribution in [0.5, 0.6) is 0 Å². The molecule has 28 heavy (non-hydrogen) atoms. The first-order valence-corrected chi connectivity index (χ1v) is 10.8. The smallest absolute Gasteiger partial charge is 0.268 e. The number of halogens is 1. The van der Waals surface area contributed by atoms with Crippen LogP contribution >= 0.6 is 11.6 Å². The Labute approximate surface area is 168 Å². The highest BCUT2D eigenvalue weighted by Crippen LogP contribution is 2.26. The van der Waals surface area contributed by atoms with Gasteiger partial charge >= 0.3 is 0 Å². The van der Waals surface area contributed by atoms with Crippen molar-refractivity contribution in [3.63, 3.8) is 0 Å². The van der Waals surface area contributed by atoms with E-state index in [0.717, 1.165) is 22.0 Å². The summed E-state index contributed by atoms with van der Waals surface area (Å²) in [5, 5.41) is 4.56. The molecule has 0 saturated heterocycles. The molecule has 0 bridgehead atoms. The van der Waals surface area contributed by atoms with Gasteiger partial charge in [0.1, 0.15) is 5.69 Å². The Morgan fingerprint density at radius 3 is 2.79 bits per heavy atom. The van der Waals surface area contributed by atoms with Gasteiger partial charge in [-0.25, -0.2) is 13.1 Å². The van der Waals surface area contributed by atoms with Gasteiger partial charge in [0.2, 0.25) is 10.0 Å². The largest absolute Gasteiger partial charge is 0.344 e. The minimum Gasteiger partial charge on any atom is -0.344 e. The van der Waals surface area contributed by atoms with Crippen molar-refractivity contribution >= 4 is 38.4 Å². The number of benzene rings is 2. The van der Waals surface area contributed by atoms with Crippen molar-refractivity contribution in [2.45, 2.75) is 24.3 Å². The summed E-state index contributed by atoms with van der Waals surface area (Å²) in [6.07, 6.45) is 0.632. The summed E-state index contributed by atoms with van der Waals surface area (Å²) >= 11 is 6.06. The number of amides is 1. The van der Waals surface area contributed by atoms with Crippen LogP contribution in [-0.2, 0) is 23.5 Å². The van der Waals surface area contributed by atoms with E-state index < -0.39 is 10.0 Å². The fourth-order valence-corrected chi connectivity index (χ4v) is 5.05. The van der Waals surface area contributed by atoms with E-state index in [9.17, 15) is 13.2 Å². The Hall–Kier alpha value is -2.35. The van der Waals surface area contributed by atoms with Crippen molar-refractivity contribution in [1.82, 2.24) is 14.6 Å². The molecule has 0 fully saturated rings. The monoisotopic (exact) mass is 417 g/mol. The predicted molar refractivity (Wildman–Crippen MR) is 109 cm³/mol. The Bertz CT molecular complexity index is 1200. The number of hydrogen-bond acceptors (Lipinski definition) is 3. The topological polar surface area (TPSA) is 80.2 Å². The first-order chi connectivity index (χ1) is 13.3. The van der Waals surface area contributed by atoms with Crippen LogP contribution in [0.4, 0.5) is 0 Å². The van der Waals surface area contributed by atoms with Crippen LogP contribution in [0.15, 0.2) is 47.4 Å². The fraction of sp³-hybridized carbons (Fsp3) is 0.250. The van der Waals surface area contributed by atoms with Gasteiger partial charge in [-0.2, -0.15) is 0 Å². The van der Waals surface area contributed by atoms with E-state index in [1.165, 1.54) is 0 Å². The van der Waals surface area contributed by atoms with Gasteiger partial charge < -0.3 is 9.88 Å². The van der Waals surface area contributed by atoms with Crippen molar-refractivity contribution in [1.29, 1.82) is 0 Å². The summed E-state index contributed by atoms with van der Waals surface area (Å²) in [5.41, 5.74) is 3.06. The summed E-state index contributed by atoms with van der Waals surface area (Å²) < 4.78 is 28.5. The first kappa shape index (κ1) is 19.0. The SMILES string of the molecule is CC(NC(=O)c1cc2ccc(Cl)cc2n1C)c1ccc2c(c1)CCNS2(=O)=O. The molecule has 1 unspecified atom stereocenters. The van der Waals surface area contributed by atoms with Crippen LogP contribution in [0.2, 0.25) is 5.02 Å². The number of nitrogens with one attached hydrogen (secondary N) is 2. The van der Waals surface area contributed by atoms with Gasteiger partial charge in [-0.05, 0) is 48.7 Å². The molecule has 1 atom stereocenters. The van der Waals surface area contributed by atoms with E-state index in [0.29, 0.717) is 28.6 Å². The molecule has 2 heterocycles. The minimum absolute atomic E-state index is 0.200. The molecular weight excluding hydrogens is 398 g/mol. The number of hydrogen-bond donors (Lipinski definition) is 2. The van der Waals surface area contributed by atoms with Gasteiger partial charge in [0.05, 0.1) is 10.9 Å². The lowest BCUT2D eigenvalue weighted by molar-refractivity contribution is 0.0932. The van der Waals surface area contributed by atoms with E-state index in [-0.39, 0.29) is 11.9 Å². The molecule has 8 heteroatoms. The molecule has 0 saturated carbocycles. The number of carbonyl (C=O) groups excluding carboxylic acids is 1. The van der Waals surface area contributed by atoms with E-state index in [1.807, 2.05) is 42.8 Å². The zero-order valence-electron chi connectivity index (χ0n) is 15.5. The Balaban J connectivity index is 1.60. The van der Waals surface area contributed by atoms with Crippen molar-refractivity contribution in [3.05, 3.63) is 64.3 Å². The lowest BCUT2D eigenvalue weighted by Gasteiger charge is -2.20. The molecule has 1 aliphatic heterocycles. The number of fused-ring (bicyclic) bond motifs is 2. The lowest BCUT2D eigenvalue weighted by Crippen LogP contribution is -2.32. The molecule has 2 aromatic carbocycles. The van der Waals surface area contributed by atoms with Crippen molar-refractivity contribution in [3.8, 4) is 0 Å². The van der Waals surface area contributed by atoms with Crippen LogP contribution in [0.25, 0.3) is 10.9 Å². The van der Waals surface area contributed by atoms with Crippen LogP contribution < -0.4 is 10.0 Å². The number of aromatic nitrogens is 1. The number of sulfonamides is 1. The highest BCUT2D eigenvalue weighted by atomic mass is 35.5. The van der Waals surface area contributed by atoms with Crippen LogP contribution in [0.3, 0.4) is 0 Å². The van der Waals surface area contributed by atoms with Gasteiger partial charge in [0.25, 0.3) is 5.91 Å². The third-order valence-electron chi connectivity index (χ3n) is 5.15. The molecule has 0 spiro atoms. The van der Waals surface area contributed by atoms with E-state index >= 15 is 0 Å². The lowest BCUT2D eigenvalue weighted by atomic mass is 10.0. The van der Waals surface area contributed by atoms with Gasteiger partial charge in [0.15, 0.2) is 0 Å². The summed E-state index contributed by atoms with van der Waals surface area (Å²) in [5.74, 6) is -0.200.